The highest BCUT2D eigenvalue weighted by Gasteiger charge is 2.18. The predicted octanol–water partition coefficient (Wildman–Crippen LogP) is 5.64. The number of aromatic nitrogens is 2. The Morgan fingerprint density at radius 3 is 2.18 bits per heavy atom. The minimum Gasteiger partial charge on any atom is -0.383 e. The van der Waals surface area contributed by atoms with Crippen molar-refractivity contribution in [1.29, 1.82) is 0 Å². The molecule has 1 amide bonds. The maximum atomic E-state index is 13.3. The molecule has 0 radical (unpaired) electrons. The molecule has 0 atom stereocenters. The first-order chi connectivity index (χ1) is 18.4. The second-order valence-electron chi connectivity index (χ2n) is 8.50. The van der Waals surface area contributed by atoms with Gasteiger partial charge >= 0.3 is 10.2 Å². The minimum absolute atomic E-state index is 0.00137. The van der Waals surface area contributed by atoms with Gasteiger partial charge in [0.1, 0.15) is 5.82 Å². The number of nitrogens with two attached hydrogens (primary N) is 2. The van der Waals surface area contributed by atoms with E-state index in [1.165, 1.54) is 0 Å². The number of aryl methyl sites for hydroxylation is 2. The van der Waals surface area contributed by atoms with E-state index in [1.807, 2.05) is 24.3 Å². The van der Waals surface area contributed by atoms with Gasteiger partial charge in [-0.05, 0) is 59.9 Å². The number of carbonyl (C=O) groups excluding carboxylic acids is 1. The van der Waals surface area contributed by atoms with Gasteiger partial charge < -0.3 is 16.8 Å². The number of amides is 1. The highest BCUT2D eigenvalue weighted by Crippen LogP contribution is 2.33. The summed E-state index contributed by atoms with van der Waals surface area (Å²) in [6, 6.07) is 15.7. The summed E-state index contributed by atoms with van der Waals surface area (Å²) < 4.78 is 35.6. The second-order valence-corrected chi connectivity index (χ2v) is 11.1. The average Bonchev–Trinajstić information content (AvgIpc) is 2.87. The number of nitrogens with zero attached hydrogens (tertiary/aromatic N) is 2. The van der Waals surface area contributed by atoms with Crippen molar-refractivity contribution in [3.63, 3.8) is 0 Å². The Bertz CT molecular complexity index is 1670. The van der Waals surface area contributed by atoms with E-state index in [1.54, 1.807) is 18.2 Å². The van der Waals surface area contributed by atoms with Gasteiger partial charge in [-0.15, -0.1) is 3.89 Å². The van der Waals surface area contributed by atoms with Crippen LogP contribution < -0.4 is 16.8 Å². The lowest BCUT2D eigenvalue weighted by molar-refractivity contribution is 0.0951. The summed E-state index contributed by atoms with van der Waals surface area (Å²) >= 11 is 18.2. The van der Waals surface area contributed by atoms with Crippen molar-refractivity contribution >= 4 is 62.7 Å². The van der Waals surface area contributed by atoms with Crippen LogP contribution in [0.4, 0.5) is 15.7 Å². The molecule has 3 aromatic carbocycles. The van der Waals surface area contributed by atoms with E-state index < -0.39 is 21.0 Å². The zero-order valence-electron chi connectivity index (χ0n) is 20.1. The van der Waals surface area contributed by atoms with Crippen LogP contribution in [0.2, 0.25) is 15.1 Å². The number of hydrogen-bond acceptors (Lipinski definition) is 7. The number of nitrogens with one attached hydrogen (secondary N) is 1. The number of rotatable bonds is 8. The summed E-state index contributed by atoms with van der Waals surface area (Å²) in [6.07, 6.45) is 1.12. The van der Waals surface area contributed by atoms with Gasteiger partial charge in [0.15, 0.2) is 0 Å². The standard InChI is InChI=1S/C26H21Cl3FN5O3S/c27-19-9-7-17(39(30,37)38)12-18(19)25(36)33-13-15-3-1-14(2-4-15)5-10-22-23(24(31)35-26(32)34-22)16-6-8-20(28)21(29)11-16/h1-4,6-9,11-12H,5,10,13H2,(H,33,36)(H4,31,32,34,35). The van der Waals surface area contributed by atoms with E-state index in [0.717, 1.165) is 34.9 Å². The third-order valence-electron chi connectivity index (χ3n) is 5.83. The molecular formula is C26H21Cl3FN5O3S. The lowest BCUT2D eigenvalue weighted by Crippen LogP contribution is -2.23. The predicted molar refractivity (Wildman–Crippen MR) is 151 cm³/mol. The molecule has 0 aliphatic rings. The van der Waals surface area contributed by atoms with Crippen LogP contribution in [0.25, 0.3) is 11.1 Å². The number of hydrogen-bond donors (Lipinski definition) is 3. The number of halogens is 4. The Balaban J connectivity index is 1.44. The Hall–Kier alpha value is -3.44. The molecule has 0 aliphatic carbocycles. The van der Waals surface area contributed by atoms with E-state index in [2.05, 4.69) is 15.3 Å². The number of nitrogen functional groups attached to an aromatic ring is 2. The van der Waals surface area contributed by atoms with E-state index >= 15 is 0 Å². The molecule has 0 saturated carbocycles. The monoisotopic (exact) mass is 607 g/mol. The topological polar surface area (TPSA) is 141 Å². The number of carbonyl (C=O) groups is 1. The maximum Gasteiger partial charge on any atom is 0.332 e. The molecular weight excluding hydrogens is 588 g/mol. The molecule has 8 nitrogen and oxygen atoms in total. The van der Waals surface area contributed by atoms with E-state index in [9.17, 15) is 17.1 Å². The lowest BCUT2D eigenvalue weighted by atomic mass is 9.99. The van der Waals surface area contributed by atoms with E-state index in [-0.39, 0.29) is 28.9 Å². The third-order valence-corrected chi connectivity index (χ3v) is 7.71. The van der Waals surface area contributed by atoms with Gasteiger partial charge in [0.05, 0.1) is 31.2 Å². The van der Waals surface area contributed by atoms with Gasteiger partial charge in [0, 0.05) is 12.1 Å². The third kappa shape index (κ3) is 6.96. The molecule has 0 aliphatic heterocycles. The summed E-state index contributed by atoms with van der Waals surface area (Å²) in [5.41, 5.74) is 15.7. The first kappa shape index (κ1) is 28.6. The Kier molecular flexibility index (Phi) is 8.60. The zero-order chi connectivity index (χ0) is 28.3. The molecule has 0 unspecified atom stereocenters. The summed E-state index contributed by atoms with van der Waals surface area (Å²) in [6.45, 7) is 0.141. The summed E-state index contributed by atoms with van der Waals surface area (Å²) in [7, 11) is -4.97. The molecule has 1 aromatic heterocycles. The molecule has 13 heteroatoms. The molecule has 4 aromatic rings. The fourth-order valence-corrected chi connectivity index (χ4v) is 4.88. The summed E-state index contributed by atoms with van der Waals surface area (Å²) in [4.78, 5) is 20.4. The van der Waals surface area contributed by atoms with Crippen LogP contribution in [0.1, 0.15) is 27.2 Å². The van der Waals surface area contributed by atoms with Crippen molar-refractivity contribution in [2.24, 2.45) is 0 Å². The summed E-state index contributed by atoms with van der Waals surface area (Å²) in [5, 5.41) is 3.45. The van der Waals surface area contributed by atoms with Crippen molar-refractivity contribution in [2.45, 2.75) is 24.3 Å². The molecule has 0 fully saturated rings. The van der Waals surface area contributed by atoms with Crippen LogP contribution in [0, 0.1) is 0 Å². The van der Waals surface area contributed by atoms with Gasteiger partial charge in [-0.25, -0.2) is 4.98 Å². The van der Waals surface area contributed by atoms with Gasteiger partial charge in [-0.3, -0.25) is 4.79 Å². The molecule has 4 rings (SSSR count). The Morgan fingerprint density at radius 1 is 0.846 bits per heavy atom. The van der Waals surface area contributed by atoms with Gasteiger partial charge in [0.25, 0.3) is 5.91 Å². The number of benzene rings is 3. The van der Waals surface area contributed by atoms with Crippen LogP contribution in [-0.4, -0.2) is 24.3 Å². The molecule has 0 saturated heterocycles. The van der Waals surface area contributed by atoms with E-state index in [0.29, 0.717) is 34.1 Å². The van der Waals surface area contributed by atoms with Crippen LogP contribution >= 0.6 is 34.8 Å². The molecule has 0 spiro atoms. The first-order valence-corrected chi connectivity index (χ1v) is 13.9. The molecule has 202 valence electrons. The van der Waals surface area contributed by atoms with Crippen molar-refractivity contribution in [3.05, 3.63) is 98.1 Å². The molecule has 1 heterocycles. The Morgan fingerprint density at radius 2 is 1.51 bits per heavy atom. The quantitative estimate of drug-likeness (QED) is 0.220. The van der Waals surface area contributed by atoms with Gasteiger partial charge in [0.2, 0.25) is 5.95 Å². The van der Waals surface area contributed by atoms with E-state index in [4.69, 9.17) is 46.3 Å². The molecule has 39 heavy (non-hydrogen) atoms. The Labute approximate surface area is 239 Å². The highest BCUT2D eigenvalue weighted by molar-refractivity contribution is 7.86. The fraction of sp³-hybridized carbons (Fsp3) is 0.115. The van der Waals surface area contributed by atoms with Crippen LogP contribution in [0.15, 0.2) is 65.6 Å². The van der Waals surface area contributed by atoms with Gasteiger partial charge in [-0.2, -0.15) is 13.4 Å². The molecule has 0 bridgehead atoms. The molecule has 5 N–H and O–H groups in total. The highest BCUT2D eigenvalue weighted by atomic mass is 35.5. The van der Waals surface area contributed by atoms with Crippen molar-refractivity contribution in [1.82, 2.24) is 15.3 Å². The van der Waals surface area contributed by atoms with Crippen LogP contribution in [0.5, 0.6) is 0 Å². The largest absolute Gasteiger partial charge is 0.383 e. The fourth-order valence-electron chi connectivity index (χ4n) is 3.89. The van der Waals surface area contributed by atoms with Crippen molar-refractivity contribution in [3.8, 4) is 11.1 Å². The zero-order valence-corrected chi connectivity index (χ0v) is 23.2. The van der Waals surface area contributed by atoms with Crippen molar-refractivity contribution < 1.29 is 17.1 Å². The van der Waals surface area contributed by atoms with Crippen LogP contribution in [-0.2, 0) is 29.6 Å². The van der Waals surface area contributed by atoms with Crippen LogP contribution in [0.3, 0.4) is 0 Å². The first-order valence-electron chi connectivity index (χ1n) is 11.4. The lowest BCUT2D eigenvalue weighted by Gasteiger charge is -2.13. The minimum atomic E-state index is -4.97. The van der Waals surface area contributed by atoms with Gasteiger partial charge in [-0.1, -0.05) is 65.1 Å². The number of anilines is 2. The summed E-state index contributed by atoms with van der Waals surface area (Å²) in [5.74, 6) is -0.341. The normalized spacial score (nSPS) is 11.4. The van der Waals surface area contributed by atoms with Crippen molar-refractivity contribution in [2.75, 3.05) is 11.5 Å². The SMILES string of the molecule is Nc1nc(N)c(-c2ccc(Cl)c(Cl)c2)c(CCc2ccc(CNC(=O)c3cc(S(=O)(=O)F)ccc3Cl)cc2)n1. The second kappa shape index (κ2) is 11.7. The smallest absolute Gasteiger partial charge is 0.332 e. The maximum absolute atomic E-state index is 13.3. The average molecular weight is 609 g/mol.